The van der Waals surface area contributed by atoms with Crippen LogP contribution in [0.3, 0.4) is 0 Å². The van der Waals surface area contributed by atoms with E-state index in [1.54, 1.807) is 12.1 Å². The molecule has 0 spiro atoms. The van der Waals surface area contributed by atoms with Crippen LogP contribution in [0.2, 0.25) is 0 Å². The maximum absolute atomic E-state index is 12.4. The van der Waals surface area contributed by atoms with Crippen molar-refractivity contribution in [2.24, 2.45) is 0 Å². The van der Waals surface area contributed by atoms with Gasteiger partial charge in [-0.25, -0.2) is 0 Å². The molecular weight excluding hydrogens is 921 g/mol. The first-order chi connectivity index (χ1) is 31.6. The smallest absolute Gasteiger partial charge is 0.310 e. The third-order valence-corrected chi connectivity index (χ3v) is 13.0. The summed E-state index contributed by atoms with van der Waals surface area (Å²) in [5.74, 6) is -0.528. The zero-order valence-corrected chi connectivity index (χ0v) is 38.5. The molecular formula is C44H52N12O6S4. The molecule has 0 fully saturated rings. The lowest BCUT2D eigenvalue weighted by Gasteiger charge is -2.14. The number of hydrogen-bond donors (Lipinski definition) is 6. The first-order valence-corrected chi connectivity index (χ1v) is 23.9. The molecule has 7 aromatic rings. The highest BCUT2D eigenvalue weighted by Crippen LogP contribution is 2.22. The number of ether oxygens (including phenoxy) is 1. The molecule has 66 heavy (non-hydrogen) atoms. The van der Waals surface area contributed by atoms with Crippen molar-refractivity contribution in [1.82, 2.24) is 40.8 Å². The average Bonchev–Trinajstić information content (AvgIpc) is 4.14. The number of esters is 1. The third-order valence-electron chi connectivity index (χ3n) is 9.58. The van der Waals surface area contributed by atoms with Gasteiger partial charge in [0.2, 0.25) is 32.3 Å². The molecule has 22 heteroatoms. The van der Waals surface area contributed by atoms with E-state index in [1.807, 2.05) is 60.7 Å². The van der Waals surface area contributed by atoms with Crippen molar-refractivity contribution in [3.8, 4) is 0 Å². The zero-order chi connectivity index (χ0) is 45.8. The Morgan fingerprint density at radius 2 is 0.924 bits per heavy atom. The number of nitrogens with one attached hydrogen (secondary N) is 2. The normalized spacial score (nSPS) is 11.5. The van der Waals surface area contributed by atoms with Crippen molar-refractivity contribution in [2.45, 2.75) is 97.9 Å². The highest BCUT2D eigenvalue weighted by molar-refractivity contribution is 7.16. The molecule has 0 bridgehead atoms. The number of aliphatic hydroxyl groups is 2. The number of aryl methyl sites for hydroxylation is 4. The highest BCUT2D eigenvalue weighted by Gasteiger charge is 2.16. The summed E-state index contributed by atoms with van der Waals surface area (Å²) in [5, 5.41) is 61.9. The van der Waals surface area contributed by atoms with E-state index in [0.717, 1.165) is 105 Å². The number of benzene rings is 3. The maximum Gasteiger partial charge on any atom is 0.310 e. The Morgan fingerprint density at radius 3 is 1.33 bits per heavy atom. The number of aromatic nitrogens is 8. The molecule has 8 N–H and O–H groups in total. The highest BCUT2D eigenvalue weighted by atomic mass is 32.1. The minimum atomic E-state index is -0.203. The van der Waals surface area contributed by atoms with Crippen LogP contribution in [-0.2, 0) is 83.9 Å². The lowest BCUT2D eigenvalue weighted by Crippen LogP contribution is -2.15. The fraction of sp³-hybridized carbons (Fsp3) is 0.341. The first kappa shape index (κ1) is 50.8. The van der Waals surface area contributed by atoms with Gasteiger partial charge in [-0.3, -0.25) is 14.4 Å². The van der Waals surface area contributed by atoms with Crippen LogP contribution in [0.25, 0.3) is 0 Å². The molecule has 0 saturated carbocycles. The number of carbonyl (C=O) groups excluding carboxylic acids is 3. The average molecular weight is 973 g/mol. The number of aliphatic hydroxyl groups excluding tert-OH is 2. The van der Waals surface area contributed by atoms with Crippen LogP contribution in [0, 0.1) is 0 Å². The number of amides is 2. The molecule has 348 valence electrons. The van der Waals surface area contributed by atoms with Gasteiger partial charge in [-0.15, -0.1) is 40.8 Å². The van der Waals surface area contributed by atoms with E-state index in [0.29, 0.717) is 33.6 Å². The van der Waals surface area contributed by atoms with Crippen LogP contribution in [-0.4, -0.2) is 68.8 Å². The van der Waals surface area contributed by atoms with Crippen molar-refractivity contribution in [3.05, 3.63) is 126 Å². The second-order valence-corrected chi connectivity index (χ2v) is 18.7. The number of unbranched alkanes of at least 4 members (excludes halogenated alkanes) is 2. The number of anilines is 4. The molecule has 18 nitrogen and oxygen atoms in total. The van der Waals surface area contributed by atoms with Gasteiger partial charge in [0.05, 0.1) is 32.5 Å². The second-order valence-electron chi connectivity index (χ2n) is 14.4. The fourth-order valence-corrected chi connectivity index (χ4v) is 9.22. The second kappa shape index (κ2) is 26.7. The van der Waals surface area contributed by atoms with E-state index >= 15 is 0 Å². The standard InChI is InChI=1S/C26H28N6O4S2.C9H8O2.C8H12N6S2.CH4/c33-15-19-9-3-1-7-17(19)13-21(35)27-25-31-29-23(37-25)11-5-6-12-24-30-32-26(38-24)28-22(36)14-18-8-2-4-10-20(18)16-34;10-9-5-7-3-1-2-4-8(7)6-11-9;9-7-13-11-5(15-7)3-1-2-4-6-12-14-8(10)16-6;/h1-4,7-10,33-34H,5-6,11-16H2,(H,27,31,35)(H,28,32,36);1-4H,5-6H2;1-4H2,(H2,9,13)(H2,10,14);1H4. The summed E-state index contributed by atoms with van der Waals surface area (Å²) >= 11 is 5.60. The van der Waals surface area contributed by atoms with Crippen molar-refractivity contribution < 1.29 is 29.3 Å². The largest absolute Gasteiger partial charge is 0.461 e. The van der Waals surface area contributed by atoms with Gasteiger partial charge in [0.25, 0.3) is 0 Å². The van der Waals surface area contributed by atoms with Gasteiger partial charge in [0.15, 0.2) is 0 Å². The predicted molar refractivity (Wildman–Crippen MR) is 258 cm³/mol. The summed E-state index contributed by atoms with van der Waals surface area (Å²) in [5.41, 5.74) is 16.2. The number of rotatable bonds is 18. The molecule has 0 unspecified atom stereocenters. The topological polar surface area (TPSA) is 280 Å². The van der Waals surface area contributed by atoms with Gasteiger partial charge in [0, 0.05) is 25.7 Å². The molecule has 1 aliphatic heterocycles. The Morgan fingerprint density at radius 1 is 0.545 bits per heavy atom. The Hall–Kier alpha value is -6.17. The molecule has 0 saturated heterocycles. The SMILES string of the molecule is C.Nc1nnc(CCCCc2nnc(N)s2)s1.O=C(Cc1ccccc1CO)Nc1nnc(CCCCc2nnc(NC(=O)Cc3ccccc3CO)s2)s1.O=C1Cc2ccccc2CO1. The molecule has 0 aliphatic carbocycles. The van der Waals surface area contributed by atoms with Gasteiger partial charge < -0.3 is 37.1 Å². The van der Waals surface area contributed by atoms with E-state index < -0.39 is 0 Å². The van der Waals surface area contributed by atoms with Crippen molar-refractivity contribution >= 4 is 83.7 Å². The predicted octanol–water partition coefficient (Wildman–Crippen LogP) is 6.34. The first-order valence-electron chi connectivity index (χ1n) is 20.6. The minimum absolute atomic E-state index is 0. The van der Waals surface area contributed by atoms with Gasteiger partial charge in [-0.2, -0.15) is 0 Å². The maximum atomic E-state index is 12.4. The summed E-state index contributed by atoms with van der Waals surface area (Å²) in [6.07, 6.45) is 7.88. The molecule has 8 rings (SSSR count). The Kier molecular flexibility index (Phi) is 20.6. The number of hydrogen-bond acceptors (Lipinski definition) is 20. The van der Waals surface area contributed by atoms with Gasteiger partial charge in [-0.1, -0.05) is 126 Å². The molecule has 1 aliphatic rings. The summed E-state index contributed by atoms with van der Waals surface area (Å²) in [6, 6.07) is 22.4. The lowest BCUT2D eigenvalue weighted by molar-refractivity contribution is -0.145. The molecule has 3 aromatic carbocycles. The minimum Gasteiger partial charge on any atom is -0.461 e. The zero-order valence-electron chi connectivity index (χ0n) is 35.2. The van der Waals surface area contributed by atoms with Crippen LogP contribution < -0.4 is 22.1 Å². The summed E-state index contributed by atoms with van der Waals surface area (Å²) in [6.45, 7) is 0.217. The van der Waals surface area contributed by atoms with Gasteiger partial charge in [-0.05, 0) is 59.1 Å². The van der Waals surface area contributed by atoms with E-state index in [1.165, 1.54) is 45.3 Å². The Labute approximate surface area is 398 Å². The summed E-state index contributed by atoms with van der Waals surface area (Å²) in [7, 11) is 0. The Balaban J connectivity index is 0.000000236. The van der Waals surface area contributed by atoms with Crippen LogP contribution in [0.1, 0.15) is 86.5 Å². The number of fused-ring (bicyclic) bond motifs is 1. The quantitative estimate of drug-likeness (QED) is 0.0404. The van der Waals surface area contributed by atoms with Crippen molar-refractivity contribution in [1.29, 1.82) is 0 Å². The molecule has 4 aromatic heterocycles. The Bertz CT molecular complexity index is 2470. The van der Waals surface area contributed by atoms with Crippen LogP contribution >= 0.6 is 45.3 Å². The van der Waals surface area contributed by atoms with Gasteiger partial charge >= 0.3 is 5.97 Å². The lowest BCUT2D eigenvalue weighted by atomic mass is 10.0. The summed E-state index contributed by atoms with van der Waals surface area (Å²) < 4.78 is 4.87. The van der Waals surface area contributed by atoms with Crippen molar-refractivity contribution in [3.63, 3.8) is 0 Å². The number of nitrogens with zero attached hydrogens (tertiary/aromatic N) is 8. The molecule has 0 radical (unpaired) electrons. The third kappa shape index (κ3) is 16.7. The molecule has 0 atom stereocenters. The molecule has 5 heterocycles. The van der Waals surface area contributed by atoms with E-state index in [4.69, 9.17) is 16.2 Å². The van der Waals surface area contributed by atoms with E-state index in [-0.39, 0.29) is 51.3 Å². The monoisotopic (exact) mass is 972 g/mol. The summed E-state index contributed by atoms with van der Waals surface area (Å²) in [4.78, 5) is 35.5. The van der Waals surface area contributed by atoms with Gasteiger partial charge in [0.1, 0.15) is 26.6 Å². The van der Waals surface area contributed by atoms with Crippen LogP contribution in [0.5, 0.6) is 0 Å². The molecule has 2 amide bonds. The van der Waals surface area contributed by atoms with E-state index in [9.17, 15) is 24.6 Å². The number of nitrogens with two attached hydrogens (primary N) is 2. The number of cyclic esters (lactones) is 1. The van der Waals surface area contributed by atoms with Crippen LogP contribution in [0.15, 0.2) is 72.8 Å². The van der Waals surface area contributed by atoms with E-state index in [2.05, 4.69) is 51.4 Å². The fourth-order valence-electron chi connectivity index (χ4n) is 6.33. The van der Waals surface area contributed by atoms with Crippen LogP contribution in [0.4, 0.5) is 20.5 Å². The van der Waals surface area contributed by atoms with Crippen molar-refractivity contribution in [2.75, 3.05) is 22.1 Å². The number of nitrogen functional groups attached to an aromatic ring is 2. The number of carbonyl (C=O) groups is 3.